The number of halogens is 1. The fourth-order valence-corrected chi connectivity index (χ4v) is 1.63. The molecule has 0 bridgehead atoms. The Bertz CT molecular complexity index is 211. The predicted molar refractivity (Wildman–Crippen MR) is 64.1 cm³/mol. The minimum atomic E-state index is -0.347. The zero-order valence-electron chi connectivity index (χ0n) is 9.69. The molecule has 1 amide bonds. The average Bonchev–Trinajstić information content (AvgIpc) is 2.15. The van der Waals surface area contributed by atoms with E-state index in [0.29, 0.717) is 6.04 Å². The van der Waals surface area contributed by atoms with Crippen molar-refractivity contribution in [1.29, 1.82) is 0 Å². The van der Waals surface area contributed by atoms with E-state index in [1.54, 1.807) is 0 Å². The van der Waals surface area contributed by atoms with Crippen LogP contribution in [0.15, 0.2) is 0 Å². The first-order valence-electron chi connectivity index (χ1n) is 5.30. The number of carbonyl (C=O) groups excluding carboxylic acids is 1. The highest BCUT2D eigenvalue weighted by atomic mass is 35.5. The molecule has 1 saturated heterocycles. The van der Waals surface area contributed by atoms with E-state index in [-0.39, 0.29) is 30.3 Å². The van der Waals surface area contributed by atoms with Gasteiger partial charge in [0.05, 0.1) is 6.04 Å². The lowest BCUT2D eigenvalue weighted by Gasteiger charge is -2.34. The molecule has 1 fully saturated rings. The molecule has 0 spiro atoms. The van der Waals surface area contributed by atoms with Gasteiger partial charge in [-0.1, -0.05) is 13.8 Å². The Kier molecular flexibility index (Phi) is 6.17. The maximum Gasteiger partial charge on any atom is 0.239 e. The van der Waals surface area contributed by atoms with Gasteiger partial charge in [0.2, 0.25) is 5.91 Å². The molecule has 0 aromatic carbocycles. The molecule has 0 unspecified atom stereocenters. The van der Waals surface area contributed by atoms with Gasteiger partial charge in [0.1, 0.15) is 0 Å². The number of hydrogen-bond acceptors (Lipinski definition) is 3. The summed E-state index contributed by atoms with van der Waals surface area (Å²) in [5, 5.41) is 3.30. The van der Waals surface area contributed by atoms with E-state index < -0.39 is 0 Å². The average molecular weight is 236 g/mol. The molecule has 0 radical (unpaired) electrons. The van der Waals surface area contributed by atoms with Gasteiger partial charge < -0.3 is 16.0 Å². The molecule has 1 aliphatic heterocycles. The largest absolute Gasteiger partial charge is 0.339 e. The second kappa shape index (κ2) is 6.30. The van der Waals surface area contributed by atoms with Gasteiger partial charge in [0.25, 0.3) is 0 Å². The van der Waals surface area contributed by atoms with Crippen LogP contribution in [0, 0.1) is 5.92 Å². The lowest BCUT2D eigenvalue weighted by molar-refractivity contribution is -0.134. The molecule has 3 N–H and O–H groups in total. The van der Waals surface area contributed by atoms with E-state index in [1.165, 1.54) is 0 Å². The molecule has 15 heavy (non-hydrogen) atoms. The van der Waals surface area contributed by atoms with Gasteiger partial charge in [-0.3, -0.25) is 4.79 Å². The summed E-state index contributed by atoms with van der Waals surface area (Å²) in [6.07, 6.45) is 0. The third-order valence-electron chi connectivity index (χ3n) is 2.68. The van der Waals surface area contributed by atoms with Crippen molar-refractivity contribution >= 4 is 18.3 Å². The maximum absolute atomic E-state index is 11.9. The van der Waals surface area contributed by atoms with Crippen LogP contribution in [0.2, 0.25) is 0 Å². The maximum atomic E-state index is 11.9. The van der Waals surface area contributed by atoms with Crippen molar-refractivity contribution in [2.45, 2.75) is 32.9 Å². The summed E-state index contributed by atoms with van der Waals surface area (Å²) < 4.78 is 0. The fourth-order valence-electron chi connectivity index (χ4n) is 1.63. The summed E-state index contributed by atoms with van der Waals surface area (Å²) in [5.74, 6) is 0.307. The number of carbonyl (C=O) groups is 1. The molecule has 0 aromatic heterocycles. The van der Waals surface area contributed by atoms with Crippen molar-refractivity contribution in [2.75, 3.05) is 19.6 Å². The molecule has 90 valence electrons. The number of nitrogens with zero attached hydrogens (tertiary/aromatic N) is 1. The van der Waals surface area contributed by atoms with Gasteiger partial charge >= 0.3 is 0 Å². The van der Waals surface area contributed by atoms with Crippen molar-refractivity contribution in [3.05, 3.63) is 0 Å². The van der Waals surface area contributed by atoms with Crippen molar-refractivity contribution < 1.29 is 4.79 Å². The number of rotatable bonds is 2. The molecule has 1 heterocycles. The summed E-state index contributed by atoms with van der Waals surface area (Å²) in [4.78, 5) is 13.7. The SMILES string of the molecule is CC(C)[C@@H](N)C(=O)N1CCN[C@@H](C)C1.Cl. The number of nitrogens with two attached hydrogens (primary N) is 1. The standard InChI is InChI=1S/C10H21N3O.ClH/c1-7(2)9(11)10(14)13-5-4-12-8(3)6-13;/h7-9,12H,4-6,11H2,1-3H3;1H/t8-,9+;/m0./s1. The Morgan fingerprint density at radius 2 is 2.13 bits per heavy atom. The second-order valence-corrected chi connectivity index (χ2v) is 4.41. The zero-order chi connectivity index (χ0) is 10.7. The molecule has 0 aromatic rings. The van der Waals surface area contributed by atoms with Crippen LogP contribution in [-0.2, 0) is 4.79 Å². The van der Waals surface area contributed by atoms with Gasteiger partial charge in [-0.05, 0) is 12.8 Å². The van der Waals surface area contributed by atoms with Crippen LogP contribution in [0.1, 0.15) is 20.8 Å². The first kappa shape index (κ1) is 14.7. The van der Waals surface area contributed by atoms with E-state index >= 15 is 0 Å². The van der Waals surface area contributed by atoms with Gasteiger partial charge in [0.15, 0.2) is 0 Å². The van der Waals surface area contributed by atoms with Gasteiger partial charge in [-0.2, -0.15) is 0 Å². The van der Waals surface area contributed by atoms with Crippen LogP contribution in [0.4, 0.5) is 0 Å². The highest BCUT2D eigenvalue weighted by Crippen LogP contribution is 2.06. The van der Waals surface area contributed by atoms with E-state index in [2.05, 4.69) is 12.2 Å². The van der Waals surface area contributed by atoms with Crippen LogP contribution in [0.5, 0.6) is 0 Å². The summed E-state index contributed by atoms with van der Waals surface area (Å²) in [7, 11) is 0. The molecule has 4 nitrogen and oxygen atoms in total. The zero-order valence-corrected chi connectivity index (χ0v) is 10.5. The number of nitrogens with one attached hydrogen (secondary N) is 1. The monoisotopic (exact) mass is 235 g/mol. The van der Waals surface area contributed by atoms with E-state index in [0.717, 1.165) is 19.6 Å². The topological polar surface area (TPSA) is 58.4 Å². The van der Waals surface area contributed by atoms with Crippen molar-refractivity contribution in [1.82, 2.24) is 10.2 Å². The van der Waals surface area contributed by atoms with Crippen molar-refractivity contribution in [3.63, 3.8) is 0 Å². The van der Waals surface area contributed by atoms with Crippen LogP contribution >= 0.6 is 12.4 Å². The molecule has 0 saturated carbocycles. The molecule has 0 aliphatic carbocycles. The van der Waals surface area contributed by atoms with Gasteiger partial charge in [-0.25, -0.2) is 0 Å². The minimum Gasteiger partial charge on any atom is -0.339 e. The predicted octanol–water partition coefficient (Wildman–Crippen LogP) is 0.212. The van der Waals surface area contributed by atoms with Crippen LogP contribution in [0.25, 0.3) is 0 Å². The summed E-state index contributed by atoms with van der Waals surface area (Å²) in [6, 6.07) is 0.0346. The molecule has 1 aliphatic rings. The smallest absolute Gasteiger partial charge is 0.239 e. The third kappa shape index (κ3) is 3.97. The second-order valence-electron chi connectivity index (χ2n) is 4.41. The Morgan fingerprint density at radius 3 is 2.60 bits per heavy atom. The fraction of sp³-hybridized carbons (Fsp3) is 0.900. The number of hydrogen-bond donors (Lipinski definition) is 2. The van der Waals surface area contributed by atoms with Crippen molar-refractivity contribution in [3.8, 4) is 0 Å². The Labute approximate surface area is 98.0 Å². The molecule has 1 rings (SSSR count). The van der Waals surface area contributed by atoms with Crippen LogP contribution in [0.3, 0.4) is 0 Å². The minimum absolute atomic E-state index is 0. The van der Waals surface area contributed by atoms with E-state index in [4.69, 9.17) is 5.73 Å². The first-order chi connectivity index (χ1) is 6.52. The van der Waals surface area contributed by atoms with Crippen LogP contribution in [-0.4, -0.2) is 42.5 Å². The Morgan fingerprint density at radius 1 is 1.53 bits per heavy atom. The number of piperazine rings is 1. The first-order valence-corrected chi connectivity index (χ1v) is 5.30. The Hall–Kier alpha value is -0.320. The number of amides is 1. The highest BCUT2D eigenvalue weighted by Gasteiger charge is 2.26. The third-order valence-corrected chi connectivity index (χ3v) is 2.68. The molecule has 5 heteroatoms. The van der Waals surface area contributed by atoms with E-state index in [1.807, 2.05) is 18.7 Å². The van der Waals surface area contributed by atoms with Gasteiger partial charge in [-0.15, -0.1) is 12.4 Å². The molecule has 2 atom stereocenters. The highest BCUT2D eigenvalue weighted by molar-refractivity contribution is 5.85. The van der Waals surface area contributed by atoms with Gasteiger partial charge in [0, 0.05) is 25.7 Å². The quantitative estimate of drug-likeness (QED) is 0.720. The summed E-state index contributed by atoms with van der Waals surface area (Å²) >= 11 is 0. The van der Waals surface area contributed by atoms with E-state index in [9.17, 15) is 4.79 Å². The summed E-state index contributed by atoms with van der Waals surface area (Å²) in [5.41, 5.74) is 5.82. The normalized spacial score (nSPS) is 23.5. The molecular formula is C10H22ClN3O. The lowest BCUT2D eigenvalue weighted by Crippen LogP contribution is -2.56. The molecular weight excluding hydrogens is 214 g/mol. The van der Waals surface area contributed by atoms with Crippen LogP contribution < -0.4 is 11.1 Å². The summed E-state index contributed by atoms with van der Waals surface area (Å²) in [6.45, 7) is 8.48. The van der Waals surface area contributed by atoms with Crippen molar-refractivity contribution in [2.24, 2.45) is 11.7 Å². The lowest BCUT2D eigenvalue weighted by atomic mass is 10.0. The Balaban J connectivity index is 0.00000196.